The molecule has 0 aliphatic carbocycles. The molecule has 0 N–H and O–H groups in total. The first kappa shape index (κ1) is 20.8. The lowest BCUT2D eigenvalue weighted by atomic mass is 10.4. The van der Waals surface area contributed by atoms with Gasteiger partial charge in [0.1, 0.15) is 0 Å². The van der Waals surface area contributed by atoms with Gasteiger partial charge < -0.3 is 9.64 Å². The molecule has 0 radical (unpaired) electrons. The fourth-order valence-corrected chi connectivity index (χ4v) is 1.23. The molecule has 0 saturated carbocycles. The van der Waals surface area contributed by atoms with E-state index >= 15 is 0 Å². The molecule has 16 heavy (non-hydrogen) atoms. The summed E-state index contributed by atoms with van der Waals surface area (Å²) in [6, 6.07) is 0. The molecule has 1 aliphatic rings. The molecule has 1 saturated heterocycles. The Morgan fingerprint density at radius 2 is 1.44 bits per heavy atom. The fourth-order valence-electron chi connectivity index (χ4n) is 1.23. The highest BCUT2D eigenvalue weighted by molar-refractivity contribution is 4.85. The zero-order valence-corrected chi connectivity index (χ0v) is 12.2. The maximum atomic E-state index is 5.13. The van der Waals surface area contributed by atoms with Crippen LogP contribution >= 0.6 is 0 Å². The summed E-state index contributed by atoms with van der Waals surface area (Å²) in [4.78, 5) is 2.43. The maximum absolute atomic E-state index is 5.13. The van der Waals surface area contributed by atoms with Crippen molar-refractivity contribution in [3.63, 3.8) is 0 Å². The van der Waals surface area contributed by atoms with E-state index in [0.717, 1.165) is 13.0 Å². The van der Waals surface area contributed by atoms with E-state index in [1.54, 1.807) is 14.2 Å². The number of methoxy groups -OCH3 is 1. The molecule has 2 nitrogen and oxygen atoms in total. The Kier molecular flexibility index (Phi) is 31.2. The third kappa shape index (κ3) is 19.1. The highest BCUT2D eigenvalue weighted by Gasteiger charge is 2.08. The smallest absolute Gasteiger partial charge is 0.0351 e. The van der Waals surface area contributed by atoms with Gasteiger partial charge in [-0.3, -0.25) is 0 Å². The van der Waals surface area contributed by atoms with Crippen molar-refractivity contribution in [2.75, 3.05) is 33.9 Å². The molecule has 2 heteroatoms. The van der Waals surface area contributed by atoms with Crippen LogP contribution in [0.25, 0.3) is 0 Å². The summed E-state index contributed by atoms with van der Waals surface area (Å²) < 4.78 is 4.25. The molecule has 1 heterocycles. The molecular formula is C14H31NO. The number of hydrogen-bond acceptors (Lipinski definition) is 2. The van der Waals surface area contributed by atoms with Gasteiger partial charge in [-0.15, -0.1) is 12.3 Å². The lowest BCUT2D eigenvalue weighted by Gasteiger charge is -2.10. The van der Waals surface area contributed by atoms with Crippen molar-refractivity contribution < 1.29 is 4.74 Å². The molecule has 98 valence electrons. The van der Waals surface area contributed by atoms with E-state index in [1.165, 1.54) is 25.9 Å². The quantitative estimate of drug-likeness (QED) is 0.673. The molecule has 0 aromatic rings. The molecule has 0 aromatic carbocycles. The van der Waals surface area contributed by atoms with Crippen molar-refractivity contribution in [3.05, 3.63) is 0 Å². The molecule has 0 spiro atoms. The minimum absolute atomic E-state index is 0.917. The third-order valence-corrected chi connectivity index (χ3v) is 1.77. The van der Waals surface area contributed by atoms with Crippen molar-refractivity contribution in [1.82, 2.24) is 4.90 Å². The van der Waals surface area contributed by atoms with Crippen LogP contribution in [0.15, 0.2) is 0 Å². The largest absolute Gasteiger partial charge is 0.388 e. The number of likely N-dealkylation sites (tertiary alicyclic amines) is 1. The third-order valence-electron chi connectivity index (χ3n) is 1.77. The summed E-state index contributed by atoms with van der Waals surface area (Å²) in [6.45, 7) is 11.6. The van der Waals surface area contributed by atoms with Gasteiger partial charge in [0.2, 0.25) is 0 Å². The van der Waals surface area contributed by atoms with E-state index in [9.17, 15) is 0 Å². The number of terminal acetylenes is 1. The van der Waals surface area contributed by atoms with Gasteiger partial charge in [-0.1, -0.05) is 27.7 Å². The SMILES string of the molecule is C#CCCN1CCCC1.CC.CC.COC. The Balaban J connectivity index is -0.000000206. The molecule has 1 rings (SSSR count). The van der Waals surface area contributed by atoms with E-state index in [0.29, 0.717) is 0 Å². The van der Waals surface area contributed by atoms with Gasteiger partial charge in [-0.25, -0.2) is 0 Å². The highest BCUT2D eigenvalue weighted by atomic mass is 16.4. The average Bonchev–Trinajstić information content (AvgIpc) is 2.86. The Morgan fingerprint density at radius 3 is 1.75 bits per heavy atom. The van der Waals surface area contributed by atoms with Crippen LogP contribution in [0, 0.1) is 12.3 Å². The molecule has 1 fully saturated rings. The lowest BCUT2D eigenvalue weighted by Crippen LogP contribution is -2.19. The Hall–Kier alpha value is -0.520. The van der Waals surface area contributed by atoms with E-state index in [1.807, 2.05) is 27.7 Å². The van der Waals surface area contributed by atoms with Gasteiger partial charge in [0.05, 0.1) is 0 Å². The topological polar surface area (TPSA) is 12.5 Å². The van der Waals surface area contributed by atoms with E-state index in [4.69, 9.17) is 6.42 Å². The second-order valence-electron chi connectivity index (χ2n) is 2.91. The molecule has 1 aliphatic heterocycles. The molecule has 0 unspecified atom stereocenters. The van der Waals surface area contributed by atoms with Crippen LogP contribution < -0.4 is 0 Å². The van der Waals surface area contributed by atoms with Gasteiger partial charge in [0, 0.05) is 27.2 Å². The van der Waals surface area contributed by atoms with Gasteiger partial charge in [-0.2, -0.15) is 0 Å². The first-order valence-corrected chi connectivity index (χ1v) is 6.41. The van der Waals surface area contributed by atoms with Gasteiger partial charge >= 0.3 is 0 Å². The van der Waals surface area contributed by atoms with Crippen molar-refractivity contribution in [3.8, 4) is 12.3 Å². The summed E-state index contributed by atoms with van der Waals surface area (Å²) in [7, 11) is 3.25. The number of rotatable bonds is 2. The fraction of sp³-hybridized carbons (Fsp3) is 0.857. The standard InChI is InChI=1S/C8H13N.C2H6O.2C2H6/c1-2-3-6-9-7-4-5-8-9;1-3-2;2*1-2/h1H,3-8H2;1-2H3;2*1-2H3. The molecule has 0 atom stereocenters. The average molecular weight is 229 g/mol. The summed E-state index contributed by atoms with van der Waals surface area (Å²) in [5.41, 5.74) is 0. The molecule has 0 aromatic heterocycles. The minimum Gasteiger partial charge on any atom is -0.388 e. The van der Waals surface area contributed by atoms with E-state index in [-0.39, 0.29) is 0 Å². The second-order valence-corrected chi connectivity index (χ2v) is 2.91. The van der Waals surface area contributed by atoms with Crippen LogP contribution in [0.5, 0.6) is 0 Å². The predicted molar refractivity (Wildman–Crippen MR) is 74.8 cm³/mol. The first-order valence-electron chi connectivity index (χ1n) is 6.41. The van der Waals surface area contributed by atoms with Crippen LogP contribution in [-0.2, 0) is 4.74 Å². The molecule has 0 bridgehead atoms. The zero-order chi connectivity index (χ0) is 13.2. The molecular weight excluding hydrogens is 198 g/mol. The van der Waals surface area contributed by atoms with Gasteiger partial charge in [0.25, 0.3) is 0 Å². The van der Waals surface area contributed by atoms with Crippen LogP contribution in [0.4, 0.5) is 0 Å². The second kappa shape index (κ2) is 24.0. The summed E-state index contributed by atoms with van der Waals surface area (Å²) in [5, 5.41) is 0. The number of hydrogen-bond donors (Lipinski definition) is 0. The monoisotopic (exact) mass is 229 g/mol. The van der Waals surface area contributed by atoms with Crippen LogP contribution in [0.2, 0.25) is 0 Å². The van der Waals surface area contributed by atoms with Crippen molar-refractivity contribution >= 4 is 0 Å². The summed E-state index contributed by atoms with van der Waals surface area (Å²) in [6.07, 6.45) is 8.78. The van der Waals surface area contributed by atoms with Gasteiger partial charge in [0.15, 0.2) is 0 Å². The zero-order valence-electron chi connectivity index (χ0n) is 12.2. The molecule has 0 amide bonds. The van der Waals surface area contributed by atoms with Crippen LogP contribution in [0.1, 0.15) is 47.0 Å². The normalized spacial score (nSPS) is 13.1. The Bertz CT molecular complexity index is 123. The van der Waals surface area contributed by atoms with Crippen molar-refractivity contribution in [2.24, 2.45) is 0 Å². The summed E-state index contributed by atoms with van der Waals surface area (Å²) >= 11 is 0. The number of nitrogens with zero attached hydrogens (tertiary/aromatic N) is 1. The van der Waals surface area contributed by atoms with Crippen LogP contribution in [-0.4, -0.2) is 38.8 Å². The highest BCUT2D eigenvalue weighted by Crippen LogP contribution is 2.06. The van der Waals surface area contributed by atoms with Gasteiger partial charge in [-0.05, 0) is 25.9 Å². The predicted octanol–water partition coefficient (Wildman–Crippen LogP) is 3.42. The summed E-state index contributed by atoms with van der Waals surface area (Å²) in [5.74, 6) is 2.65. The lowest BCUT2D eigenvalue weighted by molar-refractivity contribution is 0.277. The minimum atomic E-state index is 0.917. The van der Waals surface area contributed by atoms with Crippen molar-refractivity contribution in [2.45, 2.75) is 47.0 Å². The van der Waals surface area contributed by atoms with Crippen molar-refractivity contribution in [1.29, 1.82) is 0 Å². The van der Waals surface area contributed by atoms with E-state index in [2.05, 4.69) is 15.6 Å². The van der Waals surface area contributed by atoms with E-state index < -0.39 is 0 Å². The first-order chi connectivity index (χ1) is 7.85. The Labute approximate surface area is 103 Å². The Morgan fingerprint density at radius 1 is 1.06 bits per heavy atom. The number of ether oxygens (including phenoxy) is 1. The van der Waals surface area contributed by atoms with Crippen LogP contribution in [0.3, 0.4) is 0 Å². The maximum Gasteiger partial charge on any atom is 0.0351 e.